The molecule has 0 fully saturated rings. The van der Waals surface area contributed by atoms with Crippen LogP contribution in [-0.4, -0.2) is 12.6 Å². The Labute approximate surface area is 98.8 Å². The van der Waals surface area contributed by atoms with Crippen molar-refractivity contribution in [2.24, 2.45) is 5.73 Å². The molecule has 0 bridgehead atoms. The van der Waals surface area contributed by atoms with Crippen molar-refractivity contribution in [1.29, 1.82) is 0 Å². The zero-order valence-electron chi connectivity index (χ0n) is 10.8. The molecule has 1 rings (SSSR count). The molecule has 2 nitrogen and oxygen atoms in total. The molecular formula is C14H23NO. The zero-order valence-corrected chi connectivity index (χ0v) is 10.8. The van der Waals surface area contributed by atoms with E-state index in [-0.39, 0.29) is 11.5 Å². The molecule has 1 unspecified atom stereocenters. The van der Waals surface area contributed by atoms with E-state index in [0.29, 0.717) is 6.54 Å². The van der Waals surface area contributed by atoms with Crippen LogP contribution in [0.3, 0.4) is 0 Å². The van der Waals surface area contributed by atoms with Crippen molar-refractivity contribution in [1.82, 2.24) is 0 Å². The minimum Gasteiger partial charge on any atom is -0.489 e. The first-order valence-corrected chi connectivity index (χ1v) is 5.97. The van der Waals surface area contributed by atoms with Gasteiger partial charge in [-0.2, -0.15) is 0 Å². The van der Waals surface area contributed by atoms with Gasteiger partial charge >= 0.3 is 0 Å². The first-order chi connectivity index (χ1) is 7.49. The van der Waals surface area contributed by atoms with Gasteiger partial charge < -0.3 is 10.5 Å². The van der Waals surface area contributed by atoms with Gasteiger partial charge in [0.05, 0.1) is 0 Å². The number of hydrogen-bond acceptors (Lipinski definition) is 2. The fraction of sp³-hybridized carbons (Fsp3) is 0.571. The first-order valence-electron chi connectivity index (χ1n) is 5.97. The minimum atomic E-state index is 0.0741. The summed E-state index contributed by atoms with van der Waals surface area (Å²) in [5.74, 6) is 0.897. The number of rotatable bonds is 5. The van der Waals surface area contributed by atoms with Gasteiger partial charge in [0.15, 0.2) is 0 Å². The fourth-order valence-electron chi connectivity index (χ4n) is 1.47. The smallest absolute Gasteiger partial charge is 0.119 e. The van der Waals surface area contributed by atoms with Crippen LogP contribution in [0.2, 0.25) is 0 Å². The van der Waals surface area contributed by atoms with Crippen LogP contribution < -0.4 is 10.5 Å². The molecule has 0 saturated heterocycles. The molecule has 1 aromatic rings. The van der Waals surface area contributed by atoms with Crippen molar-refractivity contribution >= 4 is 0 Å². The molecule has 0 spiro atoms. The average Bonchev–Trinajstić information content (AvgIpc) is 2.29. The Hall–Kier alpha value is -1.02. The SMILES string of the molecule is CCC(C)(C)c1ccc(OC(C)CN)cc1. The fourth-order valence-corrected chi connectivity index (χ4v) is 1.47. The topological polar surface area (TPSA) is 35.2 Å². The molecule has 2 N–H and O–H groups in total. The predicted octanol–water partition coefficient (Wildman–Crippen LogP) is 3.10. The van der Waals surface area contributed by atoms with Crippen LogP contribution in [0, 0.1) is 0 Å². The van der Waals surface area contributed by atoms with Crippen LogP contribution in [0.1, 0.15) is 39.7 Å². The van der Waals surface area contributed by atoms with Crippen LogP contribution in [0.15, 0.2) is 24.3 Å². The lowest BCUT2D eigenvalue weighted by atomic mass is 9.82. The van der Waals surface area contributed by atoms with Crippen LogP contribution in [0.25, 0.3) is 0 Å². The third-order valence-electron chi connectivity index (χ3n) is 3.19. The van der Waals surface area contributed by atoms with Crippen LogP contribution in [-0.2, 0) is 5.41 Å². The summed E-state index contributed by atoms with van der Waals surface area (Å²) in [4.78, 5) is 0. The number of ether oxygens (including phenoxy) is 1. The summed E-state index contributed by atoms with van der Waals surface area (Å²) in [6.07, 6.45) is 1.21. The lowest BCUT2D eigenvalue weighted by Gasteiger charge is -2.23. The summed E-state index contributed by atoms with van der Waals surface area (Å²) in [6.45, 7) is 9.24. The van der Waals surface area contributed by atoms with Gasteiger partial charge in [-0.05, 0) is 36.5 Å². The molecule has 1 atom stereocenters. The van der Waals surface area contributed by atoms with E-state index >= 15 is 0 Å². The lowest BCUT2D eigenvalue weighted by molar-refractivity contribution is 0.230. The first kappa shape index (κ1) is 13.0. The Morgan fingerprint density at radius 1 is 1.25 bits per heavy atom. The third kappa shape index (κ3) is 3.24. The van der Waals surface area contributed by atoms with Crippen molar-refractivity contribution in [3.05, 3.63) is 29.8 Å². The molecule has 0 saturated carbocycles. The van der Waals surface area contributed by atoms with E-state index < -0.39 is 0 Å². The maximum atomic E-state index is 5.64. The van der Waals surface area contributed by atoms with Crippen molar-refractivity contribution in [2.45, 2.75) is 45.6 Å². The van der Waals surface area contributed by atoms with E-state index in [1.807, 2.05) is 19.1 Å². The summed E-state index contributed by atoms with van der Waals surface area (Å²) in [6, 6.07) is 8.34. The largest absolute Gasteiger partial charge is 0.489 e. The zero-order chi connectivity index (χ0) is 12.2. The number of hydrogen-bond donors (Lipinski definition) is 1. The lowest BCUT2D eigenvalue weighted by Crippen LogP contribution is -2.23. The van der Waals surface area contributed by atoms with E-state index in [1.54, 1.807) is 0 Å². The molecular weight excluding hydrogens is 198 g/mol. The highest BCUT2D eigenvalue weighted by molar-refractivity contribution is 5.31. The Kier molecular flexibility index (Phi) is 4.36. The van der Waals surface area contributed by atoms with Gasteiger partial charge in [-0.25, -0.2) is 0 Å². The summed E-state index contributed by atoms with van der Waals surface area (Å²) < 4.78 is 5.64. The highest BCUT2D eigenvalue weighted by atomic mass is 16.5. The van der Waals surface area contributed by atoms with Crippen molar-refractivity contribution in [3.63, 3.8) is 0 Å². The summed E-state index contributed by atoms with van der Waals surface area (Å²) >= 11 is 0. The molecule has 0 aliphatic rings. The molecule has 0 heterocycles. The molecule has 2 heteroatoms. The predicted molar refractivity (Wildman–Crippen MR) is 68.9 cm³/mol. The maximum Gasteiger partial charge on any atom is 0.119 e. The Morgan fingerprint density at radius 2 is 1.81 bits per heavy atom. The Bertz CT molecular complexity index is 316. The van der Waals surface area contributed by atoms with Gasteiger partial charge in [-0.15, -0.1) is 0 Å². The summed E-state index contributed by atoms with van der Waals surface area (Å²) in [5, 5.41) is 0. The number of benzene rings is 1. The summed E-state index contributed by atoms with van der Waals surface area (Å²) in [7, 11) is 0. The highest BCUT2D eigenvalue weighted by Gasteiger charge is 2.17. The van der Waals surface area contributed by atoms with E-state index in [1.165, 1.54) is 5.56 Å². The van der Waals surface area contributed by atoms with Gasteiger partial charge in [0, 0.05) is 6.54 Å². The van der Waals surface area contributed by atoms with Gasteiger partial charge in [0.2, 0.25) is 0 Å². The van der Waals surface area contributed by atoms with Crippen LogP contribution in [0.4, 0.5) is 0 Å². The normalized spacial score (nSPS) is 13.6. The second-order valence-corrected chi connectivity index (χ2v) is 4.93. The second kappa shape index (κ2) is 5.35. The van der Waals surface area contributed by atoms with Crippen LogP contribution in [0.5, 0.6) is 5.75 Å². The molecule has 0 radical (unpaired) electrons. The van der Waals surface area contributed by atoms with E-state index in [9.17, 15) is 0 Å². The third-order valence-corrected chi connectivity index (χ3v) is 3.19. The maximum absolute atomic E-state index is 5.64. The molecule has 0 amide bonds. The second-order valence-electron chi connectivity index (χ2n) is 4.93. The molecule has 0 aliphatic carbocycles. The molecule has 90 valence electrons. The van der Waals surface area contributed by atoms with Gasteiger partial charge in [-0.3, -0.25) is 0 Å². The quantitative estimate of drug-likeness (QED) is 0.829. The standard InChI is InChI=1S/C14H23NO/c1-5-14(3,4)12-6-8-13(9-7-12)16-11(2)10-15/h6-9,11H,5,10,15H2,1-4H3. The summed E-state index contributed by atoms with van der Waals surface area (Å²) in [5.41, 5.74) is 7.10. The van der Waals surface area contributed by atoms with E-state index in [4.69, 9.17) is 10.5 Å². The molecule has 1 aromatic carbocycles. The monoisotopic (exact) mass is 221 g/mol. The Morgan fingerprint density at radius 3 is 2.25 bits per heavy atom. The van der Waals surface area contributed by atoms with Gasteiger partial charge in [0.1, 0.15) is 11.9 Å². The molecule has 16 heavy (non-hydrogen) atoms. The van der Waals surface area contributed by atoms with E-state index in [0.717, 1.165) is 12.2 Å². The van der Waals surface area contributed by atoms with Crippen LogP contribution >= 0.6 is 0 Å². The molecule has 0 aromatic heterocycles. The minimum absolute atomic E-state index is 0.0741. The molecule has 0 aliphatic heterocycles. The van der Waals surface area contributed by atoms with Gasteiger partial charge in [0.25, 0.3) is 0 Å². The van der Waals surface area contributed by atoms with Crippen molar-refractivity contribution < 1.29 is 4.74 Å². The highest BCUT2D eigenvalue weighted by Crippen LogP contribution is 2.28. The number of nitrogens with two attached hydrogens (primary N) is 1. The van der Waals surface area contributed by atoms with Gasteiger partial charge in [-0.1, -0.05) is 32.9 Å². The Balaban J connectivity index is 2.75. The van der Waals surface area contributed by atoms with E-state index in [2.05, 4.69) is 32.9 Å². The van der Waals surface area contributed by atoms with Crippen molar-refractivity contribution in [2.75, 3.05) is 6.54 Å². The average molecular weight is 221 g/mol. The van der Waals surface area contributed by atoms with Crippen molar-refractivity contribution in [3.8, 4) is 5.75 Å².